The van der Waals surface area contributed by atoms with Gasteiger partial charge in [-0.05, 0) is 24.5 Å². The van der Waals surface area contributed by atoms with Gasteiger partial charge in [0, 0.05) is 16.3 Å². The third-order valence-electron chi connectivity index (χ3n) is 6.08. The molecule has 0 aliphatic carbocycles. The molecule has 0 spiro atoms. The van der Waals surface area contributed by atoms with Crippen LogP contribution in [0.15, 0.2) is 0 Å². The molecule has 0 heterocycles. The quantitative estimate of drug-likeness (QED) is 0.169. The SMILES string of the molecule is CCCCCCCCCCCCCCCCC(N(CC)CC)C(C)(C)[SiH3]. The van der Waals surface area contributed by atoms with E-state index >= 15 is 0 Å². The Morgan fingerprint density at radius 3 is 1.27 bits per heavy atom. The van der Waals surface area contributed by atoms with E-state index in [9.17, 15) is 0 Å². The highest BCUT2D eigenvalue weighted by molar-refractivity contribution is 6.15. The molecule has 0 N–H and O–H groups in total. The largest absolute Gasteiger partial charge is 0.301 e. The molecule has 0 saturated heterocycles. The van der Waals surface area contributed by atoms with Crippen LogP contribution in [0.4, 0.5) is 0 Å². The molecular weight excluding hydrogens is 330 g/mol. The Morgan fingerprint density at radius 2 is 0.962 bits per heavy atom. The predicted molar refractivity (Wildman–Crippen MR) is 126 cm³/mol. The zero-order valence-corrected chi connectivity index (χ0v) is 21.5. The van der Waals surface area contributed by atoms with Crippen LogP contribution in [0.3, 0.4) is 0 Å². The van der Waals surface area contributed by atoms with Gasteiger partial charge in [0.2, 0.25) is 0 Å². The average Bonchev–Trinajstić information content (AvgIpc) is 2.60. The standard InChI is InChI=1S/C24H53NSi/c1-6-9-10-11-12-13-14-15-16-17-18-19-20-21-22-23(24(4,5)26)25(7-2)8-3/h23H,6-22H2,1-5,26H3. The number of hydrogen-bond acceptors (Lipinski definition) is 1. The molecule has 0 fully saturated rings. The lowest BCUT2D eigenvalue weighted by Crippen LogP contribution is -2.42. The van der Waals surface area contributed by atoms with Gasteiger partial charge in [-0.25, -0.2) is 0 Å². The Kier molecular flexibility index (Phi) is 17.4. The molecule has 2 heteroatoms. The minimum absolute atomic E-state index is 0.544. The van der Waals surface area contributed by atoms with E-state index in [1.54, 1.807) is 0 Å². The molecule has 158 valence electrons. The van der Waals surface area contributed by atoms with Crippen molar-refractivity contribution in [2.45, 2.75) is 142 Å². The van der Waals surface area contributed by atoms with Gasteiger partial charge in [0.15, 0.2) is 0 Å². The summed E-state index contributed by atoms with van der Waals surface area (Å²) in [7, 11) is 1.30. The zero-order chi connectivity index (χ0) is 19.7. The van der Waals surface area contributed by atoms with Crippen LogP contribution in [-0.2, 0) is 0 Å². The lowest BCUT2D eigenvalue weighted by Gasteiger charge is -2.39. The van der Waals surface area contributed by atoms with Crippen LogP contribution in [0.25, 0.3) is 0 Å². The van der Waals surface area contributed by atoms with Crippen molar-refractivity contribution in [1.29, 1.82) is 0 Å². The van der Waals surface area contributed by atoms with Gasteiger partial charge < -0.3 is 4.90 Å². The summed E-state index contributed by atoms with van der Waals surface area (Å²) in [5.74, 6) is 0. The molecule has 0 aromatic carbocycles. The molecule has 0 rings (SSSR count). The summed E-state index contributed by atoms with van der Waals surface area (Å²) in [6, 6.07) is 0.807. The van der Waals surface area contributed by atoms with Crippen LogP contribution in [0, 0.1) is 0 Å². The van der Waals surface area contributed by atoms with Crippen molar-refractivity contribution in [2.24, 2.45) is 0 Å². The summed E-state index contributed by atoms with van der Waals surface area (Å²) in [6.07, 6.45) is 21.8. The summed E-state index contributed by atoms with van der Waals surface area (Å²) < 4.78 is 0. The van der Waals surface area contributed by atoms with Gasteiger partial charge in [-0.1, -0.05) is 125 Å². The fraction of sp³-hybridized carbons (Fsp3) is 1.00. The Bertz CT molecular complexity index is 280. The van der Waals surface area contributed by atoms with E-state index in [1.165, 1.54) is 120 Å². The molecule has 0 bridgehead atoms. The molecule has 1 nitrogen and oxygen atoms in total. The van der Waals surface area contributed by atoms with E-state index in [1.807, 2.05) is 0 Å². The first-order valence-corrected chi connectivity index (χ1v) is 13.2. The smallest absolute Gasteiger partial charge is 0.0119 e. The van der Waals surface area contributed by atoms with E-state index in [2.05, 4.69) is 39.5 Å². The molecule has 0 aromatic rings. The van der Waals surface area contributed by atoms with E-state index in [0.717, 1.165) is 6.04 Å². The lowest BCUT2D eigenvalue weighted by atomic mass is 9.94. The second kappa shape index (κ2) is 17.3. The van der Waals surface area contributed by atoms with Crippen LogP contribution in [0.2, 0.25) is 5.04 Å². The molecule has 0 aliphatic heterocycles. The maximum Gasteiger partial charge on any atom is 0.0119 e. The van der Waals surface area contributed by atoms with E-state index < -0.39 is 0 Å². The first kappa shape index (κ1) is 26.2. The first-order chi connectivity index (χ1) is 12.5. The maximum atomic E-state index is 2.70. The van der Waals surface area contributed by atoms with Crippen molar-refractivity contribution < 1.29 is 0 Å². The summed E-state index contributed by atoms with van der Waals surface area (Å²) in [4.78, 5) is 2.70. The van der Waals surface area contributed by atoms with Crippen LogP contribution < -0.4 is 0 Å². The molecule has 0 radical (unpaired) electrons. The van der Waals surface area contributed by atoms with E-state index in [4.69, 9.17) is 0 Å². The summed E-state index contributed by atoms with van der Waals surface area (Å²) in [5.41, 5.74) is 0. The number of rotatable bonds is 19. The monoisotopic (exact) mass is 383 g/mol. The summed E-state index contributed by atoms with van der Waals surface area (Å²) in [6.45, 7) is 14.3. The van der Waals surface area contributed by atoms with Crippen molar-refractivity contribution in [2.75, 3.05) is 13.1 Å². The molecule has 0 amide bonds. The Hall–Kier alpha value is 0.177. The highest BCUT2D eigenvalue weighted by Crippen LogP contribution is 2.32. The molecule has 1 atom stereocenters. The molecule has 1 unspecified atom stereocenters. The second-order valence-corrected chi connectivity index (χ2v) is 12.1. The van der Waals surface area contributed by atoms with Crippen molar-refractivity contribution in [3.8, 4) is 0 Å². The maximum absolute atomic E-state index is 2.70. The molecule has 0 saturated carbocycles. The van der Waals surface area contributed by atoms with Gasteiger partial charge >= 0.3 is 0 Å². The van der Waals surface area contributed by atoms with Crippen molar-refractivity contribution >= 4 is 10.2 Å². The van der Waals surface area contributed by atoms with E-state index in [0.29, 0.717) is 5.04 Å². The van der Waals surface area contributed by atoms with Gasteiger partial charge in [0.1, 0.15) is 0 Å². The number of nitrogens with zero attached hydrogens (tertiary/aromatic N) is 1. The number of hydrogen-bond donors (Lipinski definition) is 0. The van der Waals surface area contributed by atoms with Crippen LogP contribution in [0.5, 0.6) is 0 Å². The lowest BCUT2D eigenvalue weighted by molar-refractivity contribution is 0.165. The fourth-order valence-corrected chi connectivity index (χ4v) is 5.01. The summed E-state index contributed by atoms with van der Waals surface area (Å²) in [5, 5.41) is 0.544. The topological polar surface area (TPSA) is 3.24 Å². The minimum atomic E-state index is 0.544. The van der Waals surface area contributed by atoms with Crippen molar-refractivity contribution in [3.05, 3.63) is 0 Å². The first-order valence-electron chi connectivity index (χ1n) is 12.2. The highest BCUT2D eigenvalue weighted by Gasteiger charge is 2.27. The van der Waals surface area contributed by atoms with Gasteiger partial charge in [0.25, 0.3) is 0 Å². The molecule has 0 aromatic heterocycles. The molecular formula is C24H53NSi. The molecule has 0 aliphatic rings. The van der Waals surface area contributed by atoms with Crippen LogP contribution >= 0.6 is 0 Å². The van der Waals surface area contributed by atoms with Crippen LogP contribution in [0.1, 0.15) is 131 Å². The Balaban J connectivity index is 3.54. The van der Waals surface area contributed by atoms with Gasteiger partial charge in [-0.2, -0.15) is 0 Å². The third-order valence-corrected chi connectivity index (χ3v) is 6.75. The second-order valence-electron chi connectivity index (χ2n) is 9.49. The normalized spacial score (nSPS) is 13.6. The summed E-state index contributed by atoms with van der Waals surface area (Å²) >= 11 is 0. The minimum Gasteiger partial charge on any atom is -0.301 e. The number of unbranched alkanes of at least 4 members (excludes halogenated alkanes) is 13. The molecule has 26 heavy (non-hydrogen) atoms. The third kappa shape index (κ3) is 14.3. The average molecular weight is 384 g/mol. The van der Waals surface area contributed by atoms with Gasteiger partial charge in [-0.15, -0.1) is 0 Å². The predicted octanol–water partition coefficient (Wildman–Crippen LogP) is 7.13. The zero-order valence-electron chi connectivity index (χ0n) is 19.5. The van der Waals surface area contributed by atoms with Gasteiger partial charge in [-0.3, -0.25) is 0 Å². The van der Waals surface area contributed by atoms with Crippen LogP contribution in [-0.4, -0.2) is 34.3 Å². The Labute approximate surface area is 170 Å². The fourth-order valence-electron chi connectivity index (χ4n) is 4.36. The van der Waals surface area contributed by atoms with Crippen molar-refractivity contribution in [1.82, 2.24) is 4.90 Å². The Morgan fingerprint density at radius 1 is 0.615 bits per heavy atom. The van der Waals surface area contributed by atoms with Gasteiger partial charge in [0.05, 0.1) is 0 Å². The van der Waals surface area contributed by atoms with E-state index in [-0.39, 0.29) is 0 Å². The van der Waals surface area contributed by atoms with Crippen molar-refractivity contribution in [3.63, 3.8) is 0 Å². The highest BCUT2D eigenvalue weighted by atomic mass is 28.1.